The first kappa shape index (κ1) is 15.3. The zero-order valence-electron chi connectivity index (χ0n) is 11.9. The topological polar surface area (TPSA) is 82.8 Å². The molecule has 0 atom stereocenters. The van der Waals surface area contributed by atoms with Crippen LogP contribution in [0.5, 0.6) is 5.75 Å². The van der Waals surface area contributed by atoms with Gasteiger partial charge in [-0.3, -0.25) is 4.90 Å². The molecule has 1 aliphatic rings. The van der Waals surface area contributed by atoms with E-state index in [2.05, 4.69) is 11.0 Å². The first-order valence-corrected chi connectivity index (χ1v) is 6.72. The molecule has 0 aromatic heterocycles. The summed E-state index contributed by atoms with van der Waals surface area (Å²) in [4.78, 5) is 12.6. The number of rotatable bonds is 7. The maximum atomic E-state index is 10.5. The van der Waals surface area contributed by atoms with Crippen LogP contribution in [0.3, 0.4) is 0 Å². The fourth-order valence-corrected chi connectivity index (χ4v) is 2.30. The number of nitriles is 1. The zero-order valence-corrected chi connectivity index (χ0v) is 11.9. The Balaban J connectivity index is 1.64. The Kier molecular flexibility index (Phi) is 4.78. The fraction of sp³-hybridized carbons (Fsp3) is 0.467. The van der Waals surface area contributed by atoms with E-state index < -0.39 is 5.97 Å². The van der Waals surface area contributed by atoms with Crippen molar-refractivity contribution in [1.82, 2.24) is 4.90 Å². The Labute approximate surface area is 123 Å². The molecule has 1 N–H and O–H groups in total. The van der Waals surface area contributed by atoms with Crippen LogP contribution in [-0.2, 0) is 9.53 Å². The summed E-state index contributed by atoms with van der Waals surface area (Å²) in [6, 6.07) is 9.04. The molecule has 2 rings (SSSR count). The largest absolute Gasteiger partial charge is 0.492 e. The van der Waals surface area contributed by atoms with Crippen LogP contribution >= 0.6 is 0 Å². The third-order valence-electron chi connectivity index (χ3n) is 3.32. The second kappa shape index (κ2) is 6.57. The van der Waals surface area contributed by atoms with E-state index in [1.165, 1.54) is 0 Å². The van der Waals surface area contributed by atoms with Crippen molar-refractivity contribution in [3.63, 3.8) is 0 Å². The summed E-state index contributed by atoms with van der Waals surface area (Å²) >= 11 is 0. The van der Waals surface area contributed by atoms with Gasteiger partial charge >= 0.3 is 5.97 Å². The maximum absolute atomic E-state index is 10.5. The molecule has 21 heavy (non-hydrogen) atoms. The number of likely N-dealkylation sites (tertiary alicyclic amines) is 1. The highest BCUT2D eigenvalue weighted by molar-refractivity contribution is 5.68. The van der Waals surface area contributed by atoms with Crippen LogP contribution in [0.25, 0.3) is 0 Å². The van der Waals surface area contributed by atoms with Gasteiger partial charge in [-0.1, -0.05) is 0 Å². The van der Waals surface area contributed by atoms with E-state index in [9.17, 15) is 4.79 Å². The number of carbonyl (C=O) groups is 1. The summed E-state index contributed by atoms with van der Waals surface area (Å²) in [6.45, 7) is 4.36. The lowest BCUT2D eigenvalue weighted by Gasteiger charge is -2.47. The van der Waals surface area contributed by atoms with E-state index in [1.807, 2.05) is 6.92 Å². The molecule has 1 fully saturated rings. The number of aliphatic carboxylic acids is 1. The van der Waals surface area contributed by atoms with Crippen LogP contribution in [0.15, 0.2) is 24.3 Å². The smallest absolute Gasteiger partial charge is 0.329 e. The average molecular weight is 290 g/mol. The van der Waals surface area contributed by atoms with Gasteiger partial charge in [0.15, 0.2) is 0 Å². The van der Waals surface area contributed by atoms with Gasteiger partial charge < -0.3 is 14.6 Å². The molecule has 0 radical (unpaired) electrons. The highest BCUT2D eigenvalue weighted by Crippen LogP contribution is 2.24. The quantitative estimate of drug-likeness (QED) is 0.810. The highest BCUT2D eigenvalue weighted by atomic mass is 16.5. The average Bonchev–Trinajstić information content (AvgIpc) is 2.44. The number of nitrogens with zero attached hydrogens (tertiary/aromatic N) is 2. The lowest BCUT2D eigenvalue weighted by molar-refractivity contribution is -0.165. The number of ether oxygens (including phenoxy) is 2. The summed E-state index contributed by atoms with van der Waals surface area (Å²) < 4.78 is 10.9. The van der Waals surface area contributed by atoms with Gasteiger partial charge in [0.1, 0.15) is 19.0 Å². The second-order valence-corrected chi connectivity index (χ2v) is 5.33. The normalized spacial score (nSPS) is 16.8. The van der Waals surface area contributed by atoms with Gasteiger partial charge in [0.05, 0.1) is 17.2 Å². The molecular weight excluding hydrogens is 272 g/mol. The van der Waals surface area contributed by atoms with E-state index >= 15 is 0 Å². The molecule has 1 aromatic rings. The van der Waals surface area contributed by atoms with Gasteiger partial charge in [-0.2, -0.15) is 5.26 Å². The Morgan fingerprint density at radius 3 is 2.67 bits per heavy atom. The number of carboxylic acid groups (broad SMARTS) is 1. The van der Waals surface area contributed by atoms with Gasteiger partial charge in [0.2, 0.25) is 0 Å². The molecule has 0 amide bonds. The van der Waals surface area contributed by atoms with Crippen molar-refractivity contribution >= 4 is 5.97 Å². The summed E-state index contributed by atoms with van der Waals surface area (Å²) in [7, 11) is 0. The Morgan fingerprint density at radius 2 is 2.10 bits per heavy atom. The molecule has 112 valence electrons. The molecular formula is C15H18N2O4. The Morgan fingerprint density at radius 1 is 1.43 bits per heavy atom. The number of hydrogen-bond acceptors (Lipinski definition) is 5. The molecule has 6 nitrogen and oxygen atoms in total. The lowest BCUT2D eigenvalue weighted by Crippen LogP contribution is -2.62. The van der Waals surface area contributed by atoms with Gasteiger partial charge in [0, 0.05) is 19.6 Å². The lowest BCUT2D eigenvalue weighted by atomic mass is 9.96. The van der Waals surface area contributed by atoms with Crippen molar-refractivity contribution in [2.24, 2.45) is 0 Å². The Bertz CT molecular complexity index is 530. The number of benzene rings is 1. The molecule has 0 aliphatic carbocycles. The monoisotopic (exact) mass is 290 g/mol. The zero-order chi connectivity index (χ0) is 15.3. The van der Waals surface area contributed by atoms with E-state index in [0.29, 0.717) is 25.3 Å². The standard InChI is InChI=1S/C15H18N2O4/c1-15(21-9-14(18)19)10-17(11-15)6-7-20-13-4-2-12(8-16)3-5-13/h2-5H,6-7,9-11H2,1H3,(H,18,19). The van der Waals surface area contributed by atoms with Gasteiger partial charge in [-0.15, -0.1) is 0 Å². The fourth-order valence-electron chi connectivity index (χ4n) is 2.30. The van der Waals surface area contributed by atoms with Crippen molar-refractivity contribution in [2.75, 3.05) is 32.8 Å². The second-order valence-electron chi connectivity index (χ2n) is 5.33. The SMILES string of the molecule is CC1(OCC(=O)O)CN(CCOc2ccc(C#N)cc2)C1. The van der Waals surface area contributed by atoms with Crippen LogP contribution in [0, 0.1) is 11.3 Å². The first-order valence-electron chi connectivity index (χ1n) is 6.72. The van der Waals surface area contributed by atoms with Gasteiger partial charge in [-0.05, 0) is 31.2 Å². The highest BCUT2D eigenvalue weighted by Gasteiger charge is 2.39. The van der Waals surface area contributed by atoms with E-state index in [1.54, 1.807) is 24.3 Å². The third-order valence-corrected chi connectivity index (χ3v) is 3.32. The summed E-state index contributed by atoms with van der Waals surface area (Å²) in [5, 5.41) is 17.3. The predicted molar refractivity (Wildman–Crippen MR) is 75.1 cm³/mol. The maximum Gasteiger partial charge on any atom is 0.329 e. The van der Waals surface area contributed by atoms with Gasteiger partial charge in [0.25, 0.3) is 0 Å². The van der Waals surface area contributed by atoms with Crippen LogP contribution < -0.4 is 4.74 Å². The van der Waals surface area contributed by atoms with Crippen LogP contribution in [0.4, 0.5) is 0 Å². The molecule has 0 spiro atoms. The summed E-state index contributed by atoms with van der Waals surface area (Å²) in [5.41, 5.74) is 0.240. The van der Waals surface area contributed by atoms with Crippen molar-refractivity contribution in [3.05, 3.63) is 29.8 Å². The van der Waals surface area contributed by atoms with E-state index in [4.69, 9.17) is 19.8 Å². The van der Waals surface area contributed by atoms with Crippen LogP contribution in [-0.4, -0.2) is 54.4 Å². The molecule has 1 saturated heterocycles. The molecule has 6 heteroatoms. The van der Waals surface area contributed by atoms with Gasteiger partial charge in [-0.25, -0.2) is 4.79 Å². The molecule has 0 unspecified atom stereocenters. The summed E-state index contributed by atoms with van der Waals surface area (Å²) in [5.74, 6) is -0.210. The molecule has 1 heterocycles. The summed E-state index contributed by atoms with van der Waals surface area (Å²) in [6.07, 6.45) is 0. The van der Waals surface area contributed by atoms with Crippen molar-refractivity contribution in [2.45, 2.75) is 12.5 Å². The first-order chi connectivity index (χ1) is 10.0. The molecule has 1 aliphatic heterocycles. The third kappa shape index (κ3) is 4.45. The number of carboxylic acids is 1. The van der Waals surface area contributed by atoms with Crippen LogP contribution in [0.2, 0.25) is 0 Å². The minimum atomic E-state index is -0.946. The predicted octanol–water partition coefficient (Wildman–Crippen LogP) is 1.11. The van der Waals surface area contributed by atoms with Crippen molar-refractivity contribution in [1.29, 1.82) is 5.26 Å². The minimum absolute atomic E-state index is 0.258. The Hall–Kier alpha value is -2.10. The minimum Gasteiger partial charge on any atom is -0.492 e. The van der Waals surface area contributed by atoms with Crippen LogP contribution in [0.1, 0.15) is 12.5 Å². The molecule has 1 aromatic carbocycles. The molecule has 0 bridgehead atoms. The van der Waals surface area contributed by atoms with Crippen molar-refractivity contribution < 1.29 is 19.4 Å². The van der Waals surface area contributed by atoms with E-state index in [0.717, 1.165) is 12.3 Å². The van der Waals surface area contributed by atoms with E-state index in [-0.39, 0.29) is 12.2 Å². The van der Waals surface area contributed by atoms with Crippen molar-refractivity contribution in [3.8, 4) is 11.8 Å². The number of hydrogen-bond donors (Lipinski definition) is 1. The molecule has 0 saturated carbocycles.